The number of esters is 1. The first-order valence-corrected chi connectivity index (χ1v) is 5.88. The summed E-state index contributed by atoms with van der Waals surface area (Å²) in [6.07, 6.45) is 3.67. The van der Waals surface area contributed by atoms with Crippen LogP contribution in [-0.2, 0) is 19.1 Å². The first-order chi connectivity index (χ1) is 10.5. The molecule has 7 heteroatoms. The van der Waals surface area contributed by atoms with Gasteiger partial charge in [0.2, 0.25) is 18.4 Å². The normalized spacial score (nSPS) is 9.73. The predicted octanol–water partition coefficient (Wildman–Crippen LogP) is 2.15. The molecule has 0 radical (unpaired) electrons. The van der Waals surface area contributed by atoms with Crippen molar-refractivity contribution in [2.45, 2.75) is 13.2 Å². The summed E-state index contributed by atoms with van der Waals surface area (Å²) < 4.78 is 4.23. The number of hydrogen-bond acceptors (Lipinski definition) is 7. The molecule has 114 valence electrons. The van der Waals surface area contributed by atoms with Crippen molar-refractivity contribution in [3.05, 3.63) is 49.1 Å². The molecule has 0 saturated heterocycles. The van der Waals surface area contributed by atoms with Gasteiger partial charge in [-0.05, 0) is 30.7 Å². The van der Waals surface area contributed by atoms with E-state index in [-0.39, 0.29) is 0 Å². The molecule has 0 aliphatic carbocycles. The van der Waals surface area contributed by atoms with Crippen molar-refractivity contribution < 1.29 is 24.2 Å². The minimum atomic E-state index is -1.23. The Morgan fingerprint density at radius 2 is 1.95 bits per heavy atom. The molecule has 1 N–H and O–H groups in total. The monoisotopic (exact) mass is 302 g/mol. The maximum absolute atomic E-state index is 10.2. The summed E-state index contributed by atoms with van der Waals surface area (Å²) in [4.78, 5) is 37.0. The molecule has 1 unspecified atom stereocenters. The Bertz CT molecular complexity index is 641. The number of isocyanates is 2. The highest BCUT2D eigenvalue weighted by Gasteiger charge is 2.00. The maximum atomic E-state index is 10.2. The van der Waals surface area contributed by atoms with E-state index in [4.69, 9.17) is 5.11 Å². The number of ether oxygens (including phenoxy) is 1. The quantitative estimate of drug-likeness (QED) is 0.224. The number of hydrogen-bond donors (Lipinski definition) is 1. The third kappa shape index (κ3) is 7.47. The van der Waals surface area contributed by atoms with Gasteiger partial charge in [-0.3, -0.25) is 0 Å². The molecule has 22 heavy (non-hydrogen) atoms. The molecule has 1 aromatic carbocycles. The molecule has 0 amide bonds. The number of nitrogens with zero attached hydrogens (tertiary/aromatic N) is 2. The van der Waals surface area contributed by atoms with E-state index in [0.29, 0.717) is 11.4 Å². The number of aliphatic hydroxyl groups excluding tert-OH is 1. The number of carbonyl (C=O) groups is 1. The van der Waals surface area contributed by atoms with Crippen molar-refractivity contribution in [1.29, 1.82) is 0 Å². The average molecular weight is 302 g/mol. The number of carbonyl (C=O) groups excluding carboxylic acids is 3. The lowest BCUT2D eigenvalue weighted by Gasteiger charge is -2.02. The Morgan fingerprint density at radius 1 is 1.32 bits per heavy atom. The summed E-state index contributed by atoms with van der Waals surface area (Å²) in [5.74, 6) is -0.664. The van der Waals surface area contributed by atoms with Crippen LogP contribution in [0.25, 0.3) is 0 Å². The minimum Gasteiger partial charge on any atom is -0.429 e. The maximum Gasteiger partial charge on any atom is 0.332 e. The summed E-state index contributed by atoms with van der Waals surface area (Å²) in [7, 11) is 0. The Kier molecular flexibility index (Phi) is 9.15. The third-order valence-corrected chi connectivity index (χ3v) is 2.14. The van der Waals surface area contributed by atoms with E-state index in [2.05, 4.69) is 27.9 Å². The number of rotatable bonds is 5. The van der Waals surface area contributed by atoms with Crippen LogP contribution in [0.15, 0.2) is 53.5 Å². The smallest absolute Gasteiger partial charge is 0.332 e. The highest BCUT2D eigenvalue weighted by Crippen LogP contribution is 2.23. The van der Waals surface area contributed by atoms with Crippen LogP contribution in [-0.4, -0.2) is 29.5 Å². The van der Waals surface area contributed by atoms with Crippen LogP contribution in [0.2, 0.25) is 0 Å². The van der Waals surface area contributed by atoms with Gasteiger partial charge in [-0.1, -0.05) is 19.2 Å². The fraction of sp³-hybridized carbons (Fsp3) is 0.133. The fourth-order valence-corrected chi connectivity index (χ4v) is 1.10. The van der Waals surface area contributed by atoms with Crippen LogP contribution in [0.4, 0.5) is 11.4 Å². The molecule has 0 fully saturated rings. The summed E-state index contributed by atoms with van der Waals surface area (Å²) in [5, 5.41) is 8.55. The molecular formula is C15H14N2O5. The van der Waals surface area contributed by atoms with E-state index < -0.39 is 12.3 Å². The molecule has 1 rings (SSSR count). The molecule has 0 spiro atoms. The fourth-order valence-electron chi connectivity index (χ4n) is 1.10. The van der Waals surface area contributed by atoms with E-state index in [1.54, 1.807) is 19.1 Å². The van der Waals surface area contributed by atoms with Gasteiger partial charge in [0.15, 0.2) is 0 Å². The second-order valence-electron chi connectivity index (χ2n) is 3.64. The molecule has 0 bridgehead atoms. The van der Waals surface area contributed by atoms with Crippen molar-refractivity contribution in [3.63, 3.8) is 0 Å². The van der Waals surface area contributed by atoms with Crippen molar-refractivity contribution in [3.8, 4) is 0 Å². The summed E-state index contributed by atoms with van der Waals surface area (Å²) >= 11 is 0. The van der Waals surface area contributed by atoms with Crippen molar-refractivity contribution in [2.24, 2.45) is 9.98 Å². The molecule has 0 aromatic heterocycles. The van der Waals surface area contributed by atoms with E-state index in [1.165, 1.54) is 18.2 Å². The predicted molar refractivity (Wildman–Crippen MR) is 79.2 cm³/mol. The zero-order valence-electron chi connectivity index (χ0n) is 11.9. The molecule has 0 saturated carbocycles. The second-order valence-corrected chi connectivity index (χ2v) is 3.64. The van der Waals surface area contributed by atoms with Gasteiger partial charge in [0.25, 0.3) is 0 Å². The molecule has 0 aliphatic heterocycles. The number of aliphatic hydroxyl groups is 1. The number of aryl methyl sites for hydroxylation is 1. The van der Waals surface area contributed by atoms with Crippen LogP contribution in [0.3, 0.4) is 0 Å². The molecule has 0 aliphatic rings. The molecular weight excluding hydrogens is 288 g/mol. The van der Waals surface area contributed by atoms with Crippen LogP contribution in [0.5, 0.6) is 0 Å². The van der Waals surface area contributed by atoms with E-state index in [9.17, 15) is 14.4 Å². The lowest BCUT2D eigenvalue weighted by molar-refractivity contribution is -0.154. The topological polar surface area (TPSA) is 105 Å². The van der Waals surface area contributed by atoms with E-state index in [1.807, 2.05) is 0 Å². The first kappa shape index (κ1) is 18.9. The average Bonchev–Trinajstić information content (AvgIpc) is 2.51. The van der Waals surface area contributed by atoms with Crippen LogP contribution in [0.1, 0.15) is 5.56 Å². The Morgan fingerprint density at radius 3 is 2.45 bits per heavy atom. The van der Waals surface area contributed by atoms with Gasteiger partial charge < -0.3 is 9.84 Å². The summed E-state index contributed by atoms with van der Waals surface area (Å²) in [6.45, 7) is 8.11. The Hall–Kier alpha value is -3.11. The minimum absolute atomic E-state index is 0.426. The molecule has 1 aromatic rings. The lowest BCUT2D eigenvalue weighted by Crippen LogP contribution is -2.12. The third-order valence-electron chi connectivity index (χ3n) is 2.14. The van der Waals surface area contributed by atoms with Gasteiger partial charge in [-0.2, -0.15) is 9.98 Å². The summed E-state index contributed by atoms with van der Waals surface area (Å²) in [5.41, 5.74) is 1.72. The van der Waals surface area contributed by atoms with Crippen LogP contribution >= 0.6 is 0 Å². The highest BCUT2D eigenvalue weighted by molar-refractivity contribution is 5.81. The SMILES string of the molecule is C=CC(=O)OC(O)C=C.Cc1ccc(N=C=O)cc1N=C=O. The second kappa shape index (κ2) is 10.7. The zero-order chi connectivity index (χ0) is 17.0. The van der Waals surface area contributed by atoms with Crippen molar-refractivity contribution in [2.75, 3.05) is 0 Å². The van der Waals surface area contributed by atoms with E-state index in [0.717, 1.165) is 17.7 Å². The molecule has 1 atom stereocenters. The lowest BCUT2D eigenvalue weighted by atomic mass is 10.2. The van der Waals surface area contributed by atoms with Crippen molar-refractivity contribution in [1.82, 2.24) is 0 Å². The van der Waals surface area contributed by atoms with Gasteiger partial charge in [0, 0.05) is 6.08 Å². The van der Waals surface area contributed by atoms with Gasteiger partial charge in [-0.15, -0.1) is 0 Å². The van der Waals surface area contributed by atoms with Crippen LogP contribution < -0.4 is 0 Å². The first-order valence-electron chi connectivity index (χ1n) is 5.88. The largest absolute Gasteiger partial charge is 0.429 e. The van der Waals surface area contributed by atoms with Gasteiger partial charge in [0.1, 0.15) is 0 Å². The summed E-state index contributed by atoms with van der Waals surface area (Å²) in [6, 6.07) is 4.88. The van der Waals surface area contributed by atoms with Gasteiger partial charge in [0.05, 0.1) is 11.4 Å². The van der Waals surface area contributed by atoms with Gasteiger partial charge in [-0.25, -0.2) is 14.4 Å². The number of benzene rings is 1. The van der Waals surface area contributed by atoms with Gasteiger partial charge >= 0.3 is 5.97 Å². The highest BCUT2D eigenvalue weighted by atomic mass is 16.6. The number of aliphatic imine (C=N–C) groups is 2. The molecule has 7 nitrogen and oxygen atoms in total. The van der Waals surface area contributed by atoms with E-state index >= 15 is 0 Å². The molecule has 0 heterocycles. The van der Waals surface area contributed by atoms with Crippen molar-refractivity contribution >= 4 is 29.5 Å². The zero-order valence-corrected chi connectivity index (χ0v) is 11.9. The Balaban J connectivity index is 0.000000433. The Labute approximate surface area is 127 Å². The standard InChI is InChI=1S/C9H6N2O2.C6H8O3/c1-7-2-3-8(10-5-12)4-9(7)11-6-13;1-3-5(7)9-6(8)4-2/h2-4H,1H3;3-5,7H,1-2H2. The van der Waals surface area contributed by atoms with Crippen LogP contribution in [0, 0.1) is 6.92 Å².